The van der Waals surface area contributed by atoms with Gasteiger partial charge < -0.3 is 10.1 Å². The lowest BCUT2D eigenvalue weighted by Crippen LogP contribution is -2.01. The molecule has 0 amide bonds. The van der Waals surface area contributed by atoms with E-state index in [1.165, 1.54) is 0 Å². The molecule has 1 rings (SSSR count). The van der Waals surface area contributed by atoms with E-state index in [4.69, 9.17) is 0 Å². The Kier molecular flexibility index (Phi) is 4.09. The van der Waals surface area contributed by atoms with Crippen molar-refractivity contribution >= 4 is 37.7 Å². The summed E-state index contributed by atoms with van der Waals surface area (Å²) in [7, 11) is 0. The first-order valence-electron chi connectivity index (χ1n) is 3.64. The first kappa shape index (κ1) is 12.4. The quantitative estimate of drug-likeness (QED) is 0.478. The first-order valence-corrected chi connectivity index (χ1v) is 5.56. The Bertz CT molecular complexity index is 401. The minimum Gasteiger partial charge on any atom is -0.358 e. The lowest BCUT2D eigenvalue weighted by atomic mass is 10.1. The molecule has 1 heterocycles. The van der Waals surface area contributed by atoms with E-state index in [2.05, 4.69) is 36.8 Å². The van der Waals surface area contributed by atoms with Gasteiger partial charge in [0.15, 0.2) is 0 Å². The molecule has 0 aliphatic heterocycles. The number of rotatable bonds is 3. The average molecular weight is 346 g/mol. The van der Waals surface area contributed by atoms with Crippen molar-refractivity contribution in [3.63, 3.8) is 0 Å². The van der Waals surface area contributed by atoms with Crippen molar-refractivity contribution in [1.29, 1.82) is 0 Å². The van der Waals surface area contributed by atoms with Crippen molar-refractivity contribution in [2.24, 2.45) is 0 Å². The highest BCUT2D eigenvalue weighted by molar-refractivity contribution is 9.10. The van der Waals surface area contributed by atoms with Crippen LogP contribution in [0.3, 0.4) is 0 Å². The van der Waals surface area contributed by atoms with E-state index < -0.39 is 22.7 Å². The number of hydrogen-bond donors (Lipinski definition) is 0. The van der Waals surface area contributed by atoms with Crippen molar-refractivity contribution in [2.45, 2.75) is 11.8 Å². The lowest BCUT2D eigenvalue weighted by molar-refractivity contribution is -0.390. The topological polar surface area (TPSA) is 56.0 Å². The highest BCUT2D eigenvalue weighted by Crippen LogP contribution is 2.36. The van der Waals surface area contributed by atoms with Gasteiger partial charge in [-0.2, -0.15) is 0 Å². The van der Waals surface area contributed by atoms with E-state index in [-0.39, 0.29) is 15.4 Å². The standard InChI is InChI=1S/C7H4Br2F2N2O2/c8-1-3-2-12-7(13(14)15)5(9)4(3)6(10)11/h2,6H,1H2. The van der Waals surface area contributed by atoms with Crippen LogP contribution in [0.2, 0.25) is 0 Å². The number of nitro groups is 1. The summed E-state index contributed by atoms with van der Waals surface area (Å²) in [4.78, 5) is 13.1. The molecular formula is C7H4Br2F2N2O2. The third-order valence-corrected chi connectivity index (χ3v) is 3.04. The van der Waals surface area contributed by atoms with Gasteiger partial charge in [0.2, 0.25) is 0 Å². The molecule has 0 aliphatic carbocycles. The van der Waals surface area contributed by atoms with Crippen molar-refractivity contribution in [3.05, 3.63) is 31.9 Å². The fourth-order valence-corrected chi connectivity index (χ4v) is 2.12. The van der Waals surface area contributed by atoms with Crippen LogP contribution in [0.1, 0.15) is 17.6 Å². The van der Waals surface area contributed by atoms with Crippen LogP contribution in [0.4, 0.5) is 14.6 Å². The van der Waals surface area contributed by atoms with Gasteiger partial charge in [0.05, 0.1) is 0 Å². The number of aromatic nitrogens is 1. The molecule has 1 aromatic rings. The molecule has 0 aliphatic rings. The zero-order valence-electron chi connectivity index (χ0n) is 7.08. The van der Waals surface area contributed by atoms with Crippen LogP contribution in [-0.4, -0.2) is 9.91 Å². The average Bonchev–Trinajstić information content (AvgIpc) is 2.15. The predicted octanol–water partition coefficient (Wildman–Crippen LogP) is 3.58. The molecule has 0 saturated carbocycles. The second-order valence-electron chi connectivity index (χ2n) is 2.53. The summed E-state index contributed by atoms with van der Waals surface area (Å²) in [5, 5.41) is 10.6. The Labute approximate surface area is 100 Å². The Morgan fingerprint density at radius 3 is 2.60 bits per heavy atom. The molecule has 0 N–H and O–H groups in total. The van der Waals surface area contributed by atoms with Crippen LogP contribution in [0.5, 0.6) is 0 Å². The molecular weight excluding hydrogens is 342 g/mol. The molecule has 82 valence electrons. The normalized spacial score (nSPS) is 10.7. The molecule has 0 fully saturated rings. The van der Waals surface area contributed by atoms with Crippen LogP contribution >= 0.6 is 31.9 Å². The zero-order chi connectivity index (χ0) is 11.6. The van der Waals surface area contributed by atoms with Crippen molar-refractivity contribution in [3.8, 4) is 0 Å². The van der Waals surface area contributed by atoms with Crippen molar-refractivity contribution in [2.75, 3.05) is 0 Å². The molecule has 1 aromatic heterocycles. The predicted molar refractivity (Wildman–Crippen MR) is 56.2 cm³/mol. The van der Waals surface area contributed by atoms with Crippen LogP contribution in [0, 0.1) is 10.1 Å². The van der Waals surface area contributed by atoms with Crippen LogP contribution in [0.15, 0.2) is 10.7 Å². The smallest absolute Gasteiger partial charge is 0.358 e. The minimum atomic E-state index is -2.78. The Hall–Kier alpha value is -0.630. The zero-order valence-corrected chi connectivity index (χ0v) is 10.3. The van der Waals surface area contributed by atoms with Gasteiger partial charge in [0.25, 0.3) is 6.43 Å². The molecule has 0 atom stereocenters. The Morgan fingerprint density at radius 2 is 2.20 bits per heavy atom. The molecule has 0 radical (unpaired) electrons. The van der Waals surface area contributed by atoms with Crippen molar-refractivity contribution in [1.82, 2.24) is 4.98 Å². The van der Waals surface area contributed by atoms with E-state index in [0.717, 1.165) is 6.20 Å². The fourth-order valence-electron chi connectivity index (χ4n) is 0.996. The van der Waals surface area contributed by atoms with E-state index >= 15 is 0 Å². The molecule has 15 heavy (non-hydrogen) atoms. The number of nitrogens with zero attached hydrogens (tertiary/aromatic N) is 2. The SMILES string of the molecule is O=[N+]([O-])c1ncc(CBr)c(C(F)F)c1Br. The summed E-state index contributed by atoms with van der Waals surface area (Å²) in [6.07, 6.45) is -1.72. The molecule has 0 saturated heterocycles. The maximum Gasteiger partial charge on any atom is 0.378 e. The maximum atomic E-state index is 12.6. The summed E-state index contributed by atoms with van der Waals surface area (Å²) >= 11 is 5.78. The molecule has 0 unspecified atom stereocenters. The summed E-state index contributed by atoms with van der Waals surface area (Å²) in [5.41, 5.74) is -0.170. The van der Waals surface area contributed by atoms with Crippen molar-refractivity contribution < 1.29 is 13.7 Å². The van der Waals surface area contributed by atoms with Gasteiger partial charge in [0, 0.05) is 16.5 Å². The molecule has 0 bridgehead atoms. The molecule has 8 heteroatoms. The highest BCUT2D eigenvalue weighted by atomic mass is 79.9. The second-order valence-corrected chi connectivity index (χ2v) is 3.88. The van der Waals surface area contributed by atoms with Gasteiger partial charge in [-0.25, -0.2) is 8.78 Å². The van der Waals surface area contributed by atoms with Gasteiger partial charge in [-0.15, -0.1) is 0 Å². The summed E-state index contributed by atoms with van der Waals surface area (Å²) in [6, 6.07) is 0. The second kappa shape index (κ2) is 4.93. The van der Waals surface area contributed by atoms with Gasteiger partial charge in [0.1, 0.15) is 10.7 Å². The van der Waals surface area contributed by atoms with E-state index in [0.29, 0.717) is 0 Å². The van der Waals surface area contributed by atoms with E-state index in [1.807, 2.05) is 0 Å². The van der Waals surface area contributed by atoms with Crippen LogP contribution in [0.25, 0.3) is 0 Å². The van der Waals surface area contributed by atoms with Gasteiger partial charge in [-0.1, -0.05) is 15.9 Å². The summed E-state index contributed by atoms with van der Waals surface area (Å²) in [5.74, 6) is -0.602. The number of halogens is 4. The number of alkyl halides is 3. The highest BCUT2D eigenvalue weighted by Gasteiger charge is 2.25. The first-order chi connectivity index (χ1) is 6.99. The number of pyridine rings is 1. The summed E-state index contributed by atoms with van der Waals surface area (Å²) < 4.78 is 25.0. The monoisotopic (exact) mass is 344 g/mol. The summed E-state index contributed by atoms with van der Waals surface area (Å²) in [6.45, 7) is 0. The Balaban J connectivity index is 3.42. The third-order valence-electron chi connectivity index (χ3n) is 1.66. The van der Waals surface area contributed by atoms with E-state index in [9.17, 15) is 18.9 Å². The fraction of sp³-hybridized carbons (Fsp3) is 0.286. The third kappa shape index (κ3) is 2.49. The van der Waals surface area contributed by atoms with E-state index in [1.54, 1.807) is 0 Å². The molecule has 0 aromatic carbocycles. The van der Waals surface area contributed by atoms with Crippen LogP contribution in [-0.2, 0) is 5.33 Å². The number of hydrogen-bond acceptors (Lipinski definition) is 3. The minimum absolute atomic E-state index is 0.163. The lowest BCUT2D eigenvalue weighted by Gasteiger charge is -2.06. The van der Waals surface area contributed by atoms with Gasteiger partial charge in [-0.05, 0) is 25.8 Å². The molecule has 4 nitrogen and oxygen atoms in total. The Morgan fingerprint density at radius 1 is 1.60 bits per heavy atom. The van der Waals surface area contributed by atoms with Crippen LogP contribution < -0.4 is 0 Å². The maximum absolute atomic E-state index is 12.6. The molecule has 0 spiro atoms. The van der Waals surface area contributed by atoms with Gasteiger partial charge in [-0.3, -0.25) is 0 Å². The largest absolute Gasteiger partial charge is 0.378 e. The van der Waals surface area contributed by atoms with Gasteiger partial charge >= 0.3 is 5.82 Å².